The summed E-state index contributed by atoms with van der Waals surface area (Å²) in [4.78, 5) is 0. The molecule has 2 heteroatoms. The van der Waals surface area contributed by atoms with E-state index in [1.165, 1.54) is 11.1 Å². The van der Waals surface area contributed by atoms with Gasteiger partial charge in [0.1, 0.15) is 10.5 Å². The van der Waals surface area contributed by atoms with Gasteiger partial charge in [-0.2, -0.15) is 0 Å². The summed E-state index contributed by atoms with van der Waals surface area (Å²) in [6.07, 6.45) is 0. The van der Waals surface area contributed by atoms with Gasteiger partial charge in [-0.15, -0.1) is 0 Å². The van der Waals surface area contributed by atoms with Crippen LogP contribution in [-0.4, -0.2) is 17.1 Å². The topological polar surface area (TPSA) is 9.23 Å². The van der Waals surface area contributed by atoms with E-state index in [9.17, 15) is 0 Å². The summed E-state index contributed by atoms with van der Waals surface area (Å²) < 4.78 is 5.55. The lowest BCUT2D eigenvalue weighted by Gasteiger charge is -2.30. The second-order valence-corrected chi connectivity index (χ2v) is 5.07. The lowest BCUT2D eigenvalue weighted by molar-refractivity contribution is 0.275. The van der Waals surface area contributed by atoms with Crippen LogP contribution in [-0.2, 0) is 9.84 Å². The maximum atomic E-state index is 5.55. The molecule has 0 N–H and O–H groups in total. The SMILES string of the molecule is CC(CO[SiH3])(c1ccccc1)c1ccccc1. The van der Waals surface area contributed by atoms with Gasteiger partial charge in [-0.3, -0.25) is 0 Å². The lowest BCUT2D eigenvalue weighted by Crippen LogP contribution is -2.29. The van der Waals surface area contributed by atoms with E-state index in [1.807, 2.05) is 0 Å². The van der Waals surface area contributed by atoms with Crippen LogP contribution >= 0.6 is 0 Å². The fourth-order valence-electron chi connectivity index (χ4n) is 2.23. The second kappa shape index (κ2) is 5.30. The van der Waals surface area contributed by atoms with Crippen molar-refractivity contribution in [2.45, 2.75) is 12.3 Å². The van der Waals surface area contributed by atoms with Crippen LogP contribution in [0.3, 0.4) is 0 Å². The Kier molecular flexibility index (Phi) is 3.77. The van der Waals surface area contributed by atoms with Gasteiger partial charge in [-0.25, -0.2) is 0 Å². The Balaban J connectivity index is 2.47. The first-order valence-corrected chi connectivity index (χ1v) is 6.69. The summed E-state index contributed by atoms with van der Waals surface area (Å²) in [6, 6.07) is 21.1. The van der Waals surface area contributed by atoms with Crippen molar-refractivity contribution in [1.82, 2.24) is 0 Å². The Bertz CT molecular complexity index is 413. The molecule has 0 spiro atoms. The van der Waals surface area contributed by atoms with Crippen molar-refractivity contribution in [2.24, 2.45) is 0 Å². The summed E-state index contributed by atoms with van der Waals surface area (Å²) >= 11 is 0. The third-order valence-corrected chi connectivity index (χ3v) is 3.54. The highest BCUT2D eigenvalue weighted by molar-refractivity contribution is 5.98. The molecule has 0 aliphatic heterocycles. The quantitative estimate of drug-likeness (QED) is 0.748. The smallest absolute Gasteiger partial charge is 0.146 e. The van der Waals surface area contributed by atoms with Crippen LogP contribution in [0.1, 0.15) is 18.1 Å². The minimum absolute atomic E-state index is 0.0513. The largest absolute Gasteiger partial charge is 0.427 e. The predicted molar refractivity (Wildman–Crippen MR) is 75.2 cm³/mol. The van der Waals surface area contributed by atoms with Crippen molar-refractivity contribution < 1.29 is 4.43 Å². The molecule has 0 bridgehead atoms. The van der Waals surface area contributed by atoms with Crippen LogP contribution in [0, 0.1) is 0 Å². The molecule has 0 aliphatic rings. The van der Waals surface area contributed by atoms with E-state index < -0.39 is 0 Å². The summed E-state index contributed by atoms with van der Waals surface area (Å²) in [7, 11) is 0.772. The van der Waals surface area contributed by atoms with Gasteiger partial charge >= 0.3 is 0 Å². The van der Waals surface area contributed by atoms with Crippen LogP contribution in [0.5, 0.6) is 0 Å². The molecule has 2 aromatic rings. The normalized spacial score (nSPS) is 11.6. The first kappa shape index (κ1) is 12.1. The van der Waals surface area contributed by atoms with Gasteiger partial charge in [-0.05, 0) is 18.1 Å². The van der Waals surface area contributed by atoms with E-state index in [-0.39, 0.29) is 5.41 Å². The molecular weight excluding hydrogens is 224 g/mol. The van der Waals surface area contributed by atoms with Crippen molar-refractivity contribution >= 4 is 10.5 Å². The van der Waals surface area contributed by atoms with Crippen molar-refractivity contribution in [3.63, 3.8) is 0 Å². The molecule has 0 aliphatic carbocycles. The monoisotopic (exact) mass is 242 g/mol. The highest BCUT2D eigenvalue weighted by Gasteiger charge is 2.28. The zero-order valence-corrected chi connectivity index (χ0v) is 12.4. The van der Waals surface area contributed by atoms with Crippen LogP contribution in [0.2, 0.25) is 0 Å². The molecule has 2 aromatic carbocycles. The Morgan fingerprint density at radius 1 is 0.882 bits per heavy atom. The zero-order chi connectivity index (χ0) is 12.1. The van der Waals surface area contributed by atoms with Crippen molar-refractivity contribution in [3.8, 4) is 0 Å². The summed E-state index contributed by atoms with van der Waals surface area (Å²) in [5, 5.41) is 0. The number of benzene rings is 2. The zero-order valence-electron chi connectivity index (χ0n) is 10.4. The molecule has 0 saturated carbocycles. The minimum atomic E-state index is -0.0513. The van der Waals surface area contributed by atoms with E-state index in [2.05, 4.69) is 67.6 Å². The van der Waals surface area contributed by atoms with Crippen molar-refractivity contribution in [1.29, 1.82) is 0 Å². The summed E-state index contributed by atoms with van der Waals surface area (Å²) in [5.41, 5.74) is 2.56. The van der Waals surface area contributed by atoms with E-state index in [1.54, 1.807) is 0 Å². The fourth-order valence-corrected chi connectivity index (χ4v) is 2.81. The Hall–Kier alpha value is -1.38. The molecule has 88 valence electrons. The van der Waals surface area contributed by atoms with E-state index >= 15 is 0 Å². The second-order valence-electron chi connectivity index (χ2n) is 4.50. The van der Waals surface area contributed by atoms with Gasteiger partial charge in [0.2, 0.25) is 0 Å². The summed E-state index contributed by atoms with van der Waals surface area (Å²) in [5.74, 6) is 0. The van der Waals surface area contributed by atoms with Crippen LogP contribution in [0.15, 0.2) is 60.7 Å². The molecule has 0 radical (unpaired) electrons. The van der Waals surface area contributed by atoms with Crippen LogP contribution < -0.4 is 0 Å². The van der Waals surface area contributed by atoms with Gasteiger partial charge in [0.25, 0.3) is 0 Å². The first-order valence-electron chi connectivity index (χ1n) is 5.87. The van der Waals surface area contributed by atoms with Gasteiger partial charge in [-0.1, -0.05) is 60.7 Å². The average Bonchev–Trinajstić information content (AvgIpc) is 2.41. The maximum absolute atomic E-state index is 5.55. The molecule has 0 unspecified atom stereocenters. The Morgan fingerprint density at radius 3 is 1.65 bits per heavy atom. The Morgan fingerprint density at radius 2 is 1.29 bits per heavy atom. The van der Waals surface area contributed by atoms with E-state index in [0.717, 1.165) is 17.1 Å². The summed E-state index contributed by atoms with van der Waals surface area (Å²) in [6.45, 7) is 2.99. The molecule has 0 atom stereocenters. The first-order chi connectivity index (χ1) is 8.27. The third-order valence-electron chi connectivity index (χ3n) is 3.25. The van der Waals surface area contributed by atoms with E-state index in [4.69, 9.17) is 4.43 Å². The average molecular weight is 242 g/mol. The van der Waals surface area contributed by atoms with Gasteiger partial charge in [0.05, 0.1) is 0 Å². The molecule has 2 rings (SSSR count). The third kappa shape index (κ3) is 2.48. The molecule has 1 nitrogen and oxygen atoms in total. The molecule has 0 amide bonds. The molecular formula is C15H18OSi. The molecule has 0 heterocycles. The number of hydrogen-bond donors (Lipinski definition) is 0. The highest BCUT2D eigenvalue weighted by Crippen LogP contribution is 2.31. The minimum Gasteiger partial charge on any atom is -0.427 e. The standard InChI is InChI=1S/C15H18OSi/c1-15(12-16-17,13-8-4-2-5-9-13)14-10-6-3-7-11-14/h2-11H,12H2,1,17H3. The number of rotatable bonds is 4. The van der Waals surface area contributed by atoms with Gasteiger partial charge in [0.15, 0.2) is 0 Å². The van der Waals surface area contributed by atoms with Crippen LogP contribution in [0.4, 0.5) is 0 Å². The molecule has 0 aromatic heterocycles. The number of hydrogen-bond acceptors (Lipinski definition) is 1. The fraction of sp³-hybridized carbons (Fsp3) is 0.200. The van der Waals surface area contributed by atoms with Gasteiger partial charge < -0.3 is 4.43 Å². The van der Waals surface area contributed by atoms with Crippen molar-refractivity contribution in [3.05, 3.63) is 71.8 Å². The molecule has 0 saturated heterocycles. The highest BCUT2D eigenvalue weighted by atomic mass is 28.2. The van der Waals surface area contributed by atoms with Crippen molar-refractivity contribution in [2.75, 3.05) is 6.61 Å². The maximum Gasteiger partial charge on any atom is 0.146 e. The predicted octanol–water partition coefficient (Wildman–Crippen LogP) is 2.29. The van der Waals surface area contributed by atoms with Crippen LogP contribution in [0.25, 0.3) is 0 Å². The van der Waals surface area contributed by atoms with Gasteiger partial charge in [0, 0.05) is 12.0 Å². The molecule has 17 heavy (non-hydrogen) atoms. The van der Waals surface area contributed by atoms with E-state index in [0.29, 0.717) is 0 Å². The molecule has 0 fully saturated rings. The lowest BCUT2D eigenvalue weighted by atomic mass is 9.77. The Labute approximate surface area is 106 Å².